The number of carbonyl (C=O) groups excluding carboxylic acids is 1. The molecule has 3 rings (SSSR count). The van der Waals surface area contributed by atoms with E-state index in [0.29, 0.717) is 12.1 Å². The molecule has 6 nitrogen and oxygen atoms in total. The lowest BCUT2D eigenvalue weighted by Crippen LogP contribution is -2.04. The second kappa shape index (κ2) is 3.94. The van der Waals surface area contributed by atoms with E-state index in [1.807, 2.05) is 18.2 Å². The molecule has 1 aliphatic heterocycles. The van der Waals surface area contributed by atoms with Gasteiger partial charge in [-0.2, -0.15) is 5.10 Å². The number of aryl methyl sites for hydroxylation is 1. The summed E-state index contributed by atoms with van der Waals surface area (Å²) in [6, 6.07) is 7.01. The van der Waals surface area contributed by atoms with Crippen LogP contribution >= 0.6 is 0 Å². The van der Waals surface area contributed by atoms with Crippen LogP contribution in [0.2, 0.25) is 0 Å². The molecule has 6 heteroatoms. The normalized spacial score (nSPS) is 13.2. The number of fused-ring (bicyclic) bond motifs is 1. The topological polar surface area (TPSA) is 84.2 Å². The number of carbonyl (C=O) groups is 2. The van der Waals surface area contributed by atoms with Crippen LogP contribution in [-0.4, -0.2) is 26.8 Å². The second-order valence-corrected chi connectivity index (χ2v) is 4.44. The van der Waals surface area contributed by atoms with Crippen molar-refractivity contribution in [3.8, 4) is 11.3 Å². The summed E-state index contributed by atoms with van der Waals surface area (Å²) in [6.07, 6.45) is 0.349. The average Bonchev–Trinajstić information content (AvgIpc) is 2.89. The lowest BCUT2D eigenvalue weighted by molar-refractivity contribution is -0.115. The molecular formula is C13H11N3O3. The van der Waals surface area contributed by atoms with Gasteiger partial charge >= 0.3 is 5.97 Å². The maximum absolute atomic E-state index is 11.3. The largest absolute Gasteiger partial charge is 0.477 e. The zero-order valence-corrected chi connectivity index (χ0v) is 10.2. The minimum atomic E-state index is -1.01. The molecule has 0 fully saturated rings. The third kappa shape index (κ3) is 1.87. The van der Waals surface area contributed by atoms with E-state index < -0.39 is 5.97 Å². The van der Waals surface area contributed by atoms with Crippen LogP contribution in [0, 0.1) is 0 Å². The van der Waals surface area contributed by atoms with E-state index in [0.717, 1.165) is 16.8 Å². The number of amides is 1. The third-order valence-corrected chi connectivity index (χ3v) is 3.13. The van der Waals surface area contributed by atoms with Crippen LogP contribution in [-0.2, 0) is 18.3 Å². The van der Waals surface area contributed by atoms with Gasteiger partial charge in [-0.1, -0.05) is 6.07 Å². The summed E-state index contributed by atoms with van der Waals surface area (Å²) < 4.78 is 1.33. The van der Waals surface area contributed by atoms with Gasteiger partial charge in [-0.15, -0.1) is 0 Å². The van der Waals surface area contributed by atoms with Crippen LogP contribution in [0.1, 0.15) is 16.1 Å². The number of carboxylic acids is 1. The summed E-state index contributed by atoms with van der Waals surface area (Å²) in [5.41, 5.74) is 3.23. The van der Waals surface area contributed by atoms with Crippen molar-refractivity contribution in [2.45, 2.75) is 6.42 Å². The van der Waals surface area contributed by atoms with Gasteiger partial charge in [0.05, 0.1) is 12.1 Å². The Morgan fingerprint density at radius 3 is 2.89 bits per heavy atom. The lowest BCUT2D eigenvalue weighted by atomic mass is 10.1. The van der Waals surface area contributed by atoms with Crippen molar-refractivity contribution in [1.82, 2.24) is 9.78 Å². The molecule has 0 bridgehead atoms. The molecule has 1 amide bonds. The summed E-state index contributed by atoms with van der Waals surface area (Å²) in [5.74, 6) is -1.04. The van der Waals surface area contributed by atoms with Crippen LogP contribution < -0.4 is 5.32 Å². The molecule has 0 saturated carbocycles. The fourth-order valence-electron chi connectivity index (χ4n) is 2.20. The van der Waals surface area contributed by atoms with Gasteiger partial charge in [0, 0.05) is 18.3 Å². The number of benzene rings is 1. The first-order valence-electron chi connectivity index (χ1n) is 5.75. The maximum atomic E-state index is 11.3. The standard InChI is InChI=1S/C13H11N3O3/c1-16-11(13(18)19)6-10(15-16)7-2-3-9-8(4-7)5-12(17)14-9/h2-4,6H,5H2,1H3,(H,14,17)(H,18,19). The van der Waals surface area contributed by atoms with Crippen LogP contribution in [0.25, 0.3) is 11.3 Å². The predicted molar refractivity (Wildman–Crippen MR) is 67.9 cm³/mol. The van der Waals surface area contributed by atoms with Gasteiger partial charge in [-0.05, 0) is 23.8 Å². The fraction of sp³-hybridized carbons (Fsp3) is 0.154. The summed E-state index contributed by atoms with van der Waals surface area (Å²) in [7, 11) is 1.59. The van der Waals surface area contributed by atoms with E-state index in [1.165, 1.54) is 10.7 Å². The zero-order chi connectivity index (χ0) is 13.6. The van der Waals surface area contributed by atoms with Crippen molar-refractivity contribution in [1.29, 1.82) is 0 Å². The molecule has 0 unspecified atom stereocenters. The molecule has 96 valence electrons. The second-order valence-electron chi connectivity index (χ2n) is 4.44. The highest BCUT2D eigenvalue weighted by Gasteiger charge is 2.19. The van der Waals surface area contributed by atoms with Crippen LogP contribution in [0.15, 0.2) is 24.3 Å². The molecule has 2 heterocycles. The minimum Gasteiger partial charge on any atom is -0.477 e. The molecule has 1 aliphatic rings. The van der Waals surface area contributed by atoms with Crippen molar-refractivity contribution in [3.05, 3.63) is 35.5 Å². The molecule has 0 atom stereocenters. The molecule has 0 aliphatic carbocycles. The SMILES string of the molecule is Cn1nc(-c2ccc3c(c2)CC(=O)N3)cc1C(=O)O. The van der Waals surface area contributed by atoms with Crippen molar-refractivity contribution in [2.75, 3.05) is 5.32 Å². The van der Waals surface area contributed by atoms with Crippen LogP contribution in [0.3, 0.4) is 0 Å². The van der Waals surface area contributed by atoms with Crippen LogP contribution in [0.5, 0.6) is 0 Å². The number of anilines is 1. The number of nitrogens with one attached hydrogen (secondary N) is 1. The Morgan fingerprint density at radius 2 is 2.21 bits per heavy atom. The van der Waals surface area contributed by atoms with Crippen molar-refractivity contribution >= 4 is 17.6 Å². The first kappa shape index (κ1) is 11.5. The fourth-order valence-corrected chi connectivity index (χ4v) is 2.20. The Balaban J connectivity index is 2.04. The van der Waals surface area contributed by atoms with Gasteiger partial charge in [-0.25, -0.2) is 4.79 Å². The van der Waals surface area contributed by atoms with E-state index in [-0.39, 0.29) is 11.6 Å². The zero-order valence-electron chi connectivity index (χ0n) is 10.2. The van der Waals surface area contributed by atoms with Crippen molar-refractivity contribution < 1.29 is 14.7 Å². The van der Waals surface area contributed by atoms with Gasteiger partial charge in [0.25, 0.3) is 0 Å². The average molecular weight is 257 g/mol. The molecule has 19 heavy (non-hydrogen) atoms. The number of hydrogen-bond acceptors (Lipinski definition) is 3. The van der Waals surface area contributed by atoms with E-state index in [1.54, 1.807) is 7.05 Å². The quantitative estimate of drug-likeness (QED) is 0.848. The highest BCUT2D eigenvalue weighted by Crippen LogP contribution is 2.28. The van der Waals surface area contributed by atoms with Gasteiger partial charge in [0.1, 0.15) is 5.69 Å². The highest BCUT2D eigenvalue weighted by molar-refractivity contribution is 5.99. The highest BCUT2D eigenvalue weighted by atomic mass is 16.4. The summed E-state index contributed by atoms with van der Waals surface area (Å²) in [6.45, 7) is 0. The lowest BCUT2D eigenvalue weighted by Gasteiger charge is -2.01. The third-order valence-electron chi connectivity index (χ3n) is 3.13. The van der Waals surface area contributed by atoms with E-state index >= 15 is 0 Å². The van der Waals surface area contributed by atoms with Gasteiger partial charge in [0.2, 0.25) is 5.91 Å². The van der Waals surface area contributed by atoms with Crippen molar-refractivity contribution in [2.24, 2.45) is 7.05 Å². The number of hydrogen-bond donors (Lipinski definition) is 2. The Bertz CT molecular complexity index is 703. The monoisotopic (exact) mass is 257 g/mol. The van der Waals surface area contributed by atoms with E-state index in [9.17, 15) is 9.59 Å². The molecule has 0 saturated heterocycles. The first-order chi connectivity index (χ1) is 9.04. The molecule has 0 spiro atoms. The molecule has 2 N–H and O–H groups in total. The van der Waals surface area contributed by atoms with Gasteiger partial charge in [-0.3, -0.25) is 9.48 Å². The molecule has 0 radical (unpaired) electrons. The summed E-state index contributed by atoms with van der Waals surface area (Å²) >= 11 is 0. The minimum absolute atomic E-state index is 0.0283. The van der Waals surface area contributed by atoms with Gasteiger partial charge < -0.3 is 10.4 Å². The molecule has 1 aromatic heterocycles. The Hall–Kier alpha value is -2.63. The predicted octanol–water partition coefficient (Wildman–Crippen LogP) is 1.28. The first-order valence-corrected chi connectivity index (χ1v) is 5.75. The summed E-state index contributed by atoms with van der Waals surface area (Å²) in [4.78, 5) is 22.3. The number of nitrogens with zero attached hydrogens (tertiary/aromatic N) is 2. The number of rotatable bonds is 2. The number of aromatic nitrogens is 2. The smallest absolute Gasteiger partial charge is 0.354 e. The van der Waals surface area contributed by atoms with Gasteiger partial charge in [0.15, 0.2) is 0 Å². The molecule has 2 aromatic rings. The molecular weight excluding hydrogens is 246 g/mol. The summed E-state index contributed by atoms with van der Waals surface area (Å²) in [5, 5.41) is 15.9. The number of carboxylic acid groups (broad SMARTS) is 1. The van der Waals surface area contributed by atoms with E-state index in [2.05, 4.69) is 10.4 Å². The van der Waals surface area contributed by atoms with E-state index in [4.69, 9.17) is 5.11 Å². The Morgan fingerprint density at radius 1 is 1.42 bits per heavy atom. The molecule has 1 aromatic carbocycles. The number of aromatic carboxylic acids is 1. The maximum Gasteiger partial charge on any atom is 0.354 e. The van der Waals surface area contributed by atoms with Crippen LogP contribution in [0.4, 0.5) is 5.69 Å². The Labute approximate surface area is 108 Å². The van der Waals surface area contributed by atoms with Crippen molar-refractivity contribution in [3.63, 3.8) is 0 Å². The Kier molecular flexibility index (Phi) is 2.38.